The SMILES string of the molecule is CCNc1nc(Cl)nc(Oc2ccc(C)cc2Cl)n1. The fourth-order valence-corrected chi connectivity index (χ4v) is 1.83. The zero-order valence-electron chi connectivity index (χ0n) is 10.4. The molecular formula is C12H12Cl2N4O. The normalized spacial score (nSPS) is 10.3. The van der Waals surface area contributed by atoms with Crippen molar-refractivity contribution in [1.82, 2.24) is 15.0 Å². The van der Waals surface area contributed by atoms with Crippen molar-refractivity contribution in [2.75, 3.05) is 11.9 Å². The fraction of sp³-hybridized carbons (Fsp3) is 0.250. The third-order valence-corrected chi connectivity index (χ3v) is 2.68. The molecule has 0 saturated carbocycles. The van der Waals surface area contributed by atoms with Gasteiger partial charge in [0.15, 0.2) is 0 Å². The molecule has 0 saturated heterocycles. The first-order valence-corrected chi connectivity index (χ1v) is 6.43. The zero-order chi connectivity index (χ0) is 13.8. The second-order valence-corrected chi connectivity index (χ2v) is 4.52. The maximum absolute atomic E-state index is 6.08. The van der Waals surface area contributed by atoms with Crippen LogP contribution in [0.1, 0.15) is 12.5 Å². The quantitative estimate of drug-likeness (QED) is 0.932. The molecule has 0 aliphatic carbocycles. The number of rotatable bonds is 4. The Labute approximate surface area is 121 Å². The lowest BCUT2D eigenvalue weighted by atomic mass is 10.2. The van der Waals surface area contributed by atoms with E-state index in [-0.39, 0.29) is 11.3 Å². The van der Waals surface area contributed by atoms with Crippen LogP contribution in [-0.4, -0.2) is 21.5 Å². The topological polar surface area (TPSA) is 59.9 Å². The summed E-state index contributed by atoms with van der Waals surface area (Å²) in [6.45, 7) is 4.54. The molecule has 0 radical (unpaired) electrons. The molecule has 5 nitrogen and oxygen atoms in total. The molecule has 2 rings (SSSR count). The summed E-state index contributed by atoms with van der Waals surface area (Å²) in [7, 11) is 0. The van der Waals surface area contributed by atoms with Gasteiger partial charge in [-0.15, -0.1) is 0 Å². The van der Waals surface area contributed by atoms with Crippen molar-refractivity contribution >= 4 is 29.2 Å². The van der Waals surface area contributed by atoms with Crippen LogP contribution in [0.25, 0.3) is 0 Å². The van der Waals surface area contributed by atoms with Gasteiger partial charge in [0.05, 0.1) is 5.02 Å². The van der Waals surface area contributed by atoms with Gasteiger partial charge in [-0.2, -0.15) is 15.0 Å². The summed E-state index contributed by atoms with van der Waals surface area (Å²) >= 11 is 11.9. The minimum atomic E-state index is 0.0594. The van der Waals surface area contributed by atoms with Crippen LogP contribution < -0.4 is 10.1 Å². The predicted molar refractivity (Wildman–Crippen MR) is 75.3 cm³/mol. The molecule has 1 aromatic heterocycles. The van der Waals surface area contributed by atoms with Gasteiger partial charge in [-0.25, -0.2) is 0 Å². The number of nitrogens with zero attached hydrogens (tertiary/aromatic N) is 3. The van der Waals surface area contributed by atoms with Crippen LogP contribution >= 0.6 is 23.2 Å². The van der Waals surface area contributed by atoms with Gasteiger partial charge in [0.2, 0.25) is 11.2 Å². The number of anilines is 1. The minimum Gasteiger partial charge on any atom is -0.423 e. The van der Waals surface area contributed by atoms with Crippen molar-refractivity contribution in [2.45, 2.75) is 13.8 Å². The van der Waals surface area contributed by atoms with E-state index >= 15 is 0 Å². The van der Waals surface area contributed by atoms with Crippen LogP contribution in [0.3, 0.4) is 0 Å². The molecule has 7 heteroatoms. The van der Waals surface area contributed by atoms with Crippen LogP contribution in [0.2, 0.25) is 10.3 Å². The van der Waals surface area contributed by atoms with E-state index in [9.17, 15) is 0 Å². The molecule has 0 fully saturated rings. The number of aryl methyl sites for hydroxylation is 1. The average molecular weight is 299 g/mol. The van der Waals surface area contributed by atoms with E-state index in [1.54, 1.807) is 12.1 Å². The van der Waals surface area contributed by atoms with Gasteiger partial charge in [0, 0.05) is 6.54 Å². The van der Waals surface area contributed by atoms with E-state index in [0.29, 0.717) is 23.3 Å². The number of nitrogens with one attached hydrogen (secondary N) is 1. The van der Waals surface area contributed by atoms with Crippen molar-refractivity contribution in [3.63, 3.8) is 0 Å². The van der Waals surface area contributed by atoms with Crippen LogP contribution in [0, 0.1) is 6.92 Å². The number of hydrogen-bond acceptors (Lipinski definition) is 5. The van der Waals surface area contributed by atoms with E-state index in [4.69, 9.17) is 27.9 Å². The molecule has 1 N–H and O–H groups in total. The molecule has 0 spiro atoms. The molecule has 19 heavy (non-hydrogen) atoms. The molecule has 0 atom stereocenters. The highest BCUT2D eigenvalue weighted by atomic mass is 35.5. The molecule has 1 aromatic carbocycles. The van der Waals surface area contributed by atoms with E-state index in [0.717, 1.165) is 5.56 Å². The average Bonchev–Trinajstić information content (AvgIpc) is 2.32. The molecule has 1 heterocycles. The Morgan fingerprint density at radius 1 is 1.21 bits per heavy atom. The third-order valence-electron chi connectivity index (χ3n) is 2.21. The molecule has 0 amide bonds. The highest BCUT2D eigenvalue weighted by Gasteiger charge is 2.09. The van der Waals surface area contributed by atoms with E-state index < -0.39 is 0 Å². The standard InChI is InChI=1S/C12H12Cl2N4O/c1-3-15-11-16-10(14)17-12(18-11)19-9-5-4-7(2)6-8(9)13/h4-6H,3H2,1-2H3,(H,15,16,17,18). The number of halogens is 2. The summed E-state index contributed by atoms with van der Waals surface area (Å²) < 4.78 is 5.51. The van der Waals surface area contributed by atoms with Crippen LogP contribution in [0.15, 0.2) is 18.2 Å². The highest BCUT2D eigenvalue weighted by Crippen LogP contribution is 2.28. The summed E-state index contributed by atoms with van der Waals surface area (Å²) in [5, 5.41) is 3.49. The molecule has 2 aromatic rings. The Morgan fingerprint density at radius 3 is 2.68 bits per heavy atom. The third kappa shape index (κ3) is 3.68. The summed E-state index contributed by atoms with van der Waals surface area (Å²) in [6, 6.07) is 5.53. The van der Waals surface area contributed by atoms with E-state index in [2.05, 4.69) is 20.3 Å². The Balaban J connectivity index is 2.27. The lowest BCUT2D eigenvalue weighted by molar-refractivity contribution is 0.440. The van der Waals surface area contributed by atoms with Crippen molar-refractivity contribution in [1.29, 1.82) is 0 Å². The molecular weight excluding hydrogens is 287 g/mol. The Bertz CT molecular complexity index is 592. The molecule has 0 aliphatic rings. The molecule has 0 unspecified atom stereocenters. The van der Waals surface area contributed by atoms with Crippen LogP contribution in [-0.2, 0) is 0 Å². The van der Waals surface area contributed by atoms with Crippen molar-refractivity contribution in [2.24, 2.45) is 0 Å². The Morgan fingerprint density at radius 2 is 2.00 bits per heavy atom. The van der Waals surface area contributed by atoms with Gasteiger partial charge in [-0.1, -0.05) is 17.7 Å². The van der Waals surface area contributed by atoms with Crippen molar-refractivity contribution in [3.8, 4) is 11.8 Å². The maximum atomic E-state index is 6.08. The van der Waals surface area contributed by atoms with Crippen LogP contribution in [0.4, 0.5) is 5.95 Å². The van der Waals surface area contributed by atoms with Gasteiger partial charge < -0.3 is 10.1 Å². The summed E-state index contributed by atoms with van der Waals surface area (Å²) in [6.07, 6.45) is 0. The maximum Gasteiger partial charge on any atom is 0.328 e. The summed E-state index contributed by atoms with van der Waals surface area (Å²) in [5.74, 6) is 0.831. The number of hydrogen-bond donors (Lipinski definition) is 1. The number of ether oxygens (including phenoxy) is 1. The van der Waals surface area contributed by atoms with Gasteiger partial charge in [-0.05, 0) is 43.1 Å². The molecule has 0 bridgehead atoms. The minimum absolute atomic E-state index is 0.0594. The fourth-order valence-electron chi connectivity index (χ4n) is 1.40. The first kappa shape index (κ1) is 13.8. The lowest BCUT2D eigenvalue weighted by Gasteiger charge is -2.08. The van der Waals surface area contributed by atoms with Crippen molar-refractivity contribution in [3.05, 3.63) is 34.1 Å². The predicted octanol–water partition coefficient (Wildman–Crippen LogP) is 3.71. The number of aromatic nitrogens is 3. The van der Waals surface area contributed by atoms with E-state index in [1.807, 2.05) is 19.9 Å². The van der Waals surface area contributed by atoms with Crippen LogP contribution in [0.5, 0.6) is 11.8 Å². The van der Waals surface area contributed by atoms with E-state index in [1.165, 1.54) is 0 Å². The molecule has 0 aliphatic heterocycles. The first-order chi connectivity index (χ1) is 9.08. The lowest BCUT2D eigenvalue weighted by Crippen LogP contribution is -2.04. The monoisotopic (exact) mass is 298 g/mol. The van der Waals surface area contributed by atoms with Gasteiger partial charge in [0.1, 0.15) is 5.75 Å². The smallest absolute Gasteiger partial charge is 0.328 e. The van der Waals surface area contributed by atoms with Crippen molar-refractivity contribution < 1.29 is 4.74 Å². The molecule has 100 valence electrons. The Kier molecular flexibility index (Phi) is 4.39. The van der Waals surface area contributed by atoms with Gasteiger partial charge in [-0.3, -0.25) is 0 Å². The second-order valence-electron chi connectivity index (χ2n) is 3.78. The first-order valence-electron chi connectivity index (χ1n) is 5.68. The summed E-state index contributed by atoms with van der Waals surface area (Å²) in [5.41, 5.74) is 1.04. The number of benzene rings is 1. The van der Waals surface area contributed by atoms with Gasteiger partial charge >= 0.3 is 6.01 Å². The summed E-state index contributed by atoms with van der Waals surface area (Å²) in [4.78, 5) is 11.9. The highest BCUT2D eigenvalue weighted by molar-refractivity contribution is 6.32. The Hall–Kier alpha value is -1.59. The largest absolute Gasteiger partial charge is 0.423 e. The van der Waals surface area contributed by atoms with Gasteiger partial charge in [0.25, 0.3) is 0 Å². The second kappa shape index (κ2) is 6.04. The zero-order valence-corrected chi connectivity index (χ0v) is 12.0.